The first-order chi connectivity index (χ1) is 15.4. The van der Waals surface area contributed by atoms with Gasteiger partial charge in [-0.25, -0.2) is 15.0 Å². The van der Waals surface area contributed by atoms with Gasteiger partial charge in [-0.2, -0.15) is 5.10 Å². The number of anilines is 2. The average molecular weight is 433 g/mol. The standard InChI is InChI=1S/C23H28N8O/c1-15-13-20(27-21-14-24-10-11-25-21)28-23(26-15)19-7-5-6-12-31(19)22(32)9-8-18-16(2)29-30(4)17(18)3/h8-11,13-14,19H,5-7,12H2,1-4H3,(H,25,26,27,28)/b9-8+. The molecule has 0 spiro atoms. The van der Waals surface area contributed by atoms with E-state index in [1.165, 1.54) is 0 Å². The van der Waals surface area contributed by atoms with E-state index >= 15 is 0 Å². The van der Waals surface area contributed by atoms with E-state index in [1.807, 2.05) is 49.5 Å². The molecule has 166 valence electrons. The van der Waals surface area contributed by atoms with Gasteiger partial charge in [-0.05, 0) is 46.1 Å². The Kier molecular flexibility index (Phi) is 6.25. The molecule has 1 unspecified atom stereocenters. The van der Waals surface area contributed by atoms with Crippen molar-refractivity contribution in [2.24, 2.45) is 7.05 Å². The highest BCUT2D eigenvalue weighted by Gasteiger charge is 2.29. The number of carbonyl (C=O) groups is 1. The van der Waals surface area contributed by atoms with Gasteiger partial charge in [0.15, 0.2) is 5.82 Å². The van der Waals surface area contributed by atoms with E-state index in [0.717, 1.165) is 41.9 Å². The molecule has 9 nitrogen and oxygen atoms in total. The molecule has 1 N–H and O–H groups in total. The third kappa shape index (κ3) is 4.66. The fourth-order valence-corrected chi connectivity index (χ4v) is 4.04. The maximum absolute atomic E-state index is 13.2. The summed E-state index contributed by atoms with van der Waals surface area (Å²) in [5.74, 6) is 1.86. The van der Waals surface area contributed by atoms with E-state index in [4.69, 9.17) is 4.98 Å². The fourth-order valence-electron chi connectivity index (χ4n) is 4.04. The number of hydrogen-bond donors (Lipinski definition) is 1. The minimum atomic E-state index is -0.167. The Hall–Kier alpha value is -3.62. The molecule has 3 aromatic heterocycles. The van der Waals surface area contributed by atoms with Gasteiger partial charge in [0.05, 0.1) is 17.9 Å². The van der Waals surface area contributed by atoms with Crippen molar-refractivity contribution in [1.82, 2.24) is 34.6 Å². The van der Waals surface area contributed by atoms with Crippen molar-refractivity contribution >= 4 is 23.6 Å². The maximum Gasteiger partial charge on any atom is 0.247 e. The van der Waals surface area contributed by atoms with Crippen LogP contribution < -0.4 is 5.32 Å². The Morgan fingerprint density at radius 2 is 2.00 bits per heavy atom. The van der Waals surface area contributed by atoms with Crippen molar-refractivity contribution in [2.45, 2.75) is 46.1 Å². The Bertz CT molecular complexity index is 1140. The maximum atomic E-state index is 13.2. The van der Waals surface area contributed by atoms with Crippen molar-refractivity contribution in [3.63, 3.8) is 0 Å². The SMILES string of the molecule is Cc1cc(Nc2cnccn2)nc(C2CCCCN2C(=O)/C=C/c2c(C)nn(C)c2C)n1. The summed E-state index contributed by atoms with van der Waals surface area (Å²) in [6.45, 7) is 6.56. The summed E-state index contributed by atoms with van der Waals surface area (Å²) >= 11 is 0. The molecular formula is C23H28N8O. The van der Waals surface area contributed by atoms with Crippen molar-refractivity contribution in [3.8, 4) is 0 Å². The van der Waals surface area contributed by atoms with Gasteiger partial charge in [-0.15, -0.1) is 0 Å². The van der Waals surface area contributed by atoms with Crippen LogP contribution in [0.3, 0.4) is 0 Å². The predicted molar refractivity (Wildman–Crippen MR) is 122 cm³/mol. The number of nitrogens with one attached hydrogen (secondary N) is 1. The third-order valence-corrected chi connectivity index (χ3v) is 5.73. The molecule has 1 amide bonds. The van der Waals surface area contributed by atoms with Crippen LogP contribution in [0.2, 0.25) is 0 Å². The number of likely N-dealkylation sites (tertiary alicyclic amines) is 1. The Morgan fingerprint density at radius 1 is 1.16 bits per heavy atom. The predicted octanol–water partition coefficient (Wildman–Crippen LogP) is 3.44. The molecule has 0 saturated carbocycles. The lowest BCUT2D eigenvalue weighted by molar-refractivity contribution is -0.129. The monoisotopic (exact) mass is 432 g/mol. The summed E-state index contributed by atoms with van der Waals surface area (Å²) in [7, 11) is 1.91. The molecule has 9 heteroatoms. The van der Waals surface area contributed by atoms with Crippen LogP contribution in [-0.2, 0) is 11.8 Å². The third-order valence-electron chi connectivity index (χ3n) is 5.73. The molecule has 0 radical (unpaired) electrons. The summed E-state index contributed by atoms with van der Waals surface area (Å²) in [5.41, 5.74) is 3.75. The highest BCUT2D eigenvalue weighted by molar-refractivity contribution is 5.92. The second kappa shape index (κ2) is 9.25. The highest BCUT2D eigenvalue weighted by Crippen LogP contribution is 2.30. The van der Waals surface area contributed by atoms with Crippen LogP contribution in [0.4, 0.5) is 11.6 Å². The summed E-state index contributed by atoms with van der Waals surface area (Å²) in [6.07, 6.45) is 11.2. The van der Waals surface area contributed by atoms with Gasteiger partial charge in [-0.1, -0.05) is 0 Å². The molecule has 32 heavy (non-hydrogen) atoms. The summed E-state index contributed by atoms with van der Waals surface area (Å²) in [4.78, 5) is 32.7. The topological polar surface area (TPSA) is 102 Å². The molecule has 0 aromatic carbocycles. The molecular weight excluding hydrogens is 404 g/mol. The van der Waals surface area contributed by atoms with E-state index < -0.39 is 0 Å². The van der Waals surface area contributed by atoms with Crippen molar-refractivity contribution in [2.75, 3.05) is 11.9 Å². The van der Waals surface area contributed by atoms with Crippen LogP contribution in [-0.4, -0.2) is 47.1 Å². The quantitative estimate of drug-likeness (QED) is 0.616. The smallest absolute Gasteiger partial charge is 0.247 e. The number of aryl methyl sites for hydroxylation is 3. The number of amides is 1. The van der Waals surface area contributed by atoms with E-state index in [-0.39, 0.29) is 11.9 Å². The van der Waals surface area contributed by atoms with Crippen molar-refractivity contribution in [3.05, 3.63) is 59.2 Å². The zero-order chi connectivity index (χ0) is 22.7. The van der Waals surface area contributed by atoms with Gasteiger partial charge in [0, 0.05) is 55.1 Å². The molecule has 4 rings (SSSR count). The Morgan fingerprint density at radius 3 is 2.72 bits per heavy atom. The molecule has 4 heterocycles. The van der Waals surface area contributed by atoms with Gasteiger partial charge in [-0.3, -0.25) is 14.5 Å². The second-order valence-corrected chi connectivity index (χ2v) is 8.05. The van der Waals surface area contributed by atoms with E-state index in [9.17, 15) is 4.79 Å². The summed E-state index contributed by atoms with van der Waals surface area (Å²) < 4.78 is 1.83. The van der Waals surface area contributed by atoms with E-state index in [1.54, 1.807) is 24.7 Å². The molecule has 1 aliphatic heterocycles. The lowest BCUT2D eigenvalue weighted by Gasteiger charge is -2.34. The molecule has 0 aliphatic carbocycles. The average Bonchev–Trinajstić information content (AvgIpc) is 3.03. The molecule has 0 bridgehead atoms. The van der Waals surface area contributed by atoms with Gasteiger partial charge in [0.2, 0.25) is 5.91 Å². The summed E-state index contributed by atoms with van der Waals surface area (Å²) in [5, 5.41) is 7.60. The highest BCUT2D eigenvalue weighted by atomic mass is 16.2. The number of rotatable bonds is 5. The largest absolute Gasteiger partial charge is 0.329 e. The van der Waals surface area contributed by atoms with Crippen molar-refractivity contribution in [1.29, 1.82) is 0 Å². The number of hydrogen-bond acceptors (Lipinski definition) is 7. The first kappa shape index (κ1) is 21.6. The molecule has 1 saturated heterocycles. The number of piperidine rings is 1. The van der Waals surface area contributed by atoms with E-state index in [2.05, 4.69) is 25.4 Å². The molecule has 1 atom stereocenters. The minimum Gasteiger partial charge on any atom is -0.329 e. The van der Waals surface area contributed by atoms with Crippen LogP contribution in [0.1, 0.15) is 53.8 Å². The van der Waals surface area contributed by atoms with Crippen LogP contribution in [0.15, 0.2) is 30.7 Å². The zero-order valence-electron chi connectivity index (χ0n) is 18.9. The lowest BCUT2D eigenvalue weighted by atomic mass is 10.0. The van der Waals surface area contributed by atoms with Crippen LogP contribution >= 0.6 is 0 Å². The molecule has 3 aromatic rings. The van der Waals surface area contributed by atoms with Gasteiger partial charge < -0.3 is 10.2 Å². The first-order valence-electron chi connectivity index (χ1n) is 10.8. The minimum absolute atomic E-state index is 0.0362. The van der Waals surface area contributed by atoms with Gasteiger partial charge in [0.25, 0.3) is 0 Å². The first-order valence-corrected chi connectivity index (χ1v) is 10.8. The number of carbonyl (C=O) groups excluding carboxylic acids is 1. The second-order valence-electron chi connectivity index (χ2n) is 8.05. The molecule has 1 aliphatic rings. The number of aromatic nitrogens is 6. The van der Waals surface area contributed by atoms with Crippen LogP contribution in [0.5, 0.6) is 0 Å². The number of nitrogens with zero attached hydrogens (tertiary/aromatic N) is 7. The van der Waals surface area contributed by atoms with Crippen molar-refractivity contribution < 1.29 is 4.79 Å². The van der Waals surface area contributed by atoms with Gasteiger partial charge >= 0.3 is 0 Å². The lowest BCUT2D eigenvalue weighted by Crippen LogP contribution is -2.38. The van der Waals surface area contributed by atoms with Crippen LogP contribution in [0.25, 0.3) is 6.08 Å². The Balaban J connectivity index is 1.58. The van der Waals surface area contributed by atoms with E-state index in [0.29, 0.717) is 24.0 Å². The van der Waals surface area contributed by atoms with Gasteiger partial charge in [0.1, 0.15) is 11.6 Å². The fraction of sp³-hybridized carbons (Fsp3) is 0.391. The Labute approximate surface area is 187 Å². The molecule has 1 fully saturated rings. The van der Waals surface area contributed by atoms with Crippen LogP contribution in [0, 0.1) is 20.8 Å². The zero-order valence-corrected chi connectivity index (χ0v) is 18.9. The summed E-state index contributed by atoms with van der Waals surface area (Å²) in [6, 6.07) is 1.69. The normalized spacial score (nSPS) is 16.5.